The van der Waals surface area contributed by atoms with Crippen LogP contribution in [0.5, 0.6) is 11.5 Å². The SMILES string of the molecule is COc1cc(OC)cc(C(=O)NCC(C)(C)CCCl)c1. The van der Waals surface area contributed by atoms with Crippen LogP contribution < -0.4 is 14.8 Å². The van der Waals surface area contributed by atoms with Crippen molar-refractivity contribution in [2.75, 3.05) is 26.6 Å². The van der Waals surface area contributed by atoms with Crippen molar-refractivity contribution < 1.29 is 14.3 Å². The number of hydrogen-bond acceptors (Lipinski definition) is 3. The second-order valence-electron chi connectivity index (χ2n) is 5.39. The highest BCUT2D eigenvalue weighted by Crippen LogP contribution is 2.23. The summed E-state index contributed by atoms with van der Waals surface area (Å²) in [5, 5.41) is 2.92. The highest BCUT2D eigenvalue weighted by atomic mass is 35.5. The number of ether oxygens (including phenoxy) is 2. The zero-order valence-electron chi connectivity index (χ0n) is 12.5. The molecule has 0 fully saturated rings. The third kappa shape index (κ3) is 4.93. The lowest BCUT2D eigenvalue weighted by atomic mass is 9.90. The molecule has 1 aromatic rings. The fourth-order valence-electron chi connectivity index (χ4n) is 1.70. The summed E-state index contributed by atoms with van der Waals surface area (Å²) in [5.41, 5.74) is 0.489. The molecular formula is C15H22ClNO3. The first kappa shape index (κ1) is 16.6. The minimum atomic E-state index is -0.148. The van der Waals surface area contributed by atoms with Crippen molar-refractivity contribution in [3.8, 4) is 11.5 Å². The number of amides is 1. The van der Waals surface area contributed by atoms with Crippen molar-refractivity contribution in [3.63, 3.8) is 0 Å². The van der Waals surface area contributed by atoms with E-state index in [2.05, 4.69) is 19.2 Å². The van der Waals surface area contributed by atoms with Gasteiger partial charge in [-0.2, -0.15) is 0 Å². The van der Waals surface area contributed by atoms with Crippen LogP contribution in [0.3, 0.4) is 0 Å². The number of halogens is 1. The van der Waals surface area contributed by atoms with Gasteiger partial charge in [0.1, 0.15) is 11.5 Å². The minimum absolute atomic E-state index is 0.0274. The lowest BCUT2D eigenvalue weighted by molar-refractivity contribution is 0.0935. The Labute approximate surface area is 125 Å². The average Bonchev–Trinajstić information content (AvgIpc) is 2.44. The molecule has 0 aliphatic carbocycles. The van der Waals surface area contributed by atoms with Crippen LogP contribution in [0.2, 0.25) is 0 Å². The number of nitrogens with one attached hydrogen (secondary N) is 1. The topological polar surface area (TPSA) is 47.6 Å². The predicted octanol–water partition coefficient (Wildman–Crippen LogP) is 3.09. The van der Waals surface area contributed by atoms with Crippen molar-refractivity contribution in [2.45, 2.75) is 20.3 Å². The third-order valence-corrected chi connectivity index (χ3v) is 3.30. The van der Waals surface area contributed by atoms with Gasteiger partial charge in [0.25, 0.3) is 5.91 Å². The molecule has 0 aliphatic rings. The fraction of sp³-hybridized carbons (Fsp3) is 0.533. The maximum absolute atomic E-state index is 12.2. The average molecular weight is 300 g/mol. The molecule has 0 atom stereocenters. The summed E-state index contributed by atoms with van der Waals surface area (Å²) in [7, 11) is 3.11. The van der Waals surface area contributed by atoms with Crippen molar-refractivity contribution in [3.05, 3.63) is 23.8 Å². The van der Waals surface area contributed by atoms with E-state index in [-0.39, 0.29) is 11.3 Å². The van der Waals surface area contributed by atoms with Gasteiger partial charge in [-0.15, -0.1) is 11.6 Å². The number of benzene rings is 1. The van der Waals surface area contributed by atoms with Crippen LogP contribution in [-0.4, -0.2) is 32.6 Å². The van der Waals surface area contributed by atoms with Gasteiger partial charge in [-0.1, -0.05) is 13.8 Å². The van der Waals surface area contributed by atoms with E-state index in [0.717, 1.165) is 6.42 Å². The molecule has 0 unspecified atom stereocenters. The molecule has 0 aliphatic heterocycles. The molecule has 0 saturated carbocycles. The number of alkyl halides is 1. The van der Waals surface area contributed by atoms with Gasteiger partial charge in [-0.25, -0.2) is 0 Å². The monoisotopic (exact) mass is 299 g/mol. The Hall–Kier alpha value is -1.42. The molecule has 112 valence electrons. The quantitative estimate of drug-likeness (QED) is 0.787. The minimum Gasteiger partial charge on any atom is -0.497 e. The number of methoxy groups -OCH3 is 2. The molecule has 0 saturated heterocycles. The summed E-state index contributed by atoms with van der Waals surface area (Å²) < 4.78 is 10.3. The van der Waals surface area contributed by atoms with E-state index in [9.17, 15) is 4.79 Å². The standard InChI is InChI=1S/C15H22ClNO3/c1-15(2,5-6-16)10-17-14(18)11-7-12(19-3)9-13(8-11)20-4/h7-9H,5-6,10H2,1-4H3,(H,17,18). The molecule has 1 N–H and O–H groups in total. The lowest BCUT2D eigenvalue weighted by Gasteiger charge is -2.23. The van der Waals surface area contributed by atoms with Gasteiger partial charge in [0, 0.05) is 24.1 Å². The van der Waals surface area contributed by atoms with E-state index in [1.165, 1.54) is 0 Å². The van der Waals surface area contributed by atoms with Crippen LogP contribution >= 0.6 is 11.6 Å². The lowest BCUT2D eigenvalue weighted by Crippen LogP contribution is -2.34. The van der Waals surface area contributed by atoms with E-state index in [1.807, 2.05) is 0 Å². The molecule has 0 bridgehead atoms. The van der Waals surface area contributed by atoms with Crippen molar-refractivity contribution in [1.82, 2.24) is 5.32 Å². The van der Waals surface area contributed by atoms with E-state index in [1.54, 1.807) is 32.4 Å². The summed E-state index contributed by atoms with van der Waals surface area (Å²) in [6, 6.07) is 5.10. The van der Waals surface area contributed by atoms with Crippen molar-refractivity contribution in [1.29, 1.82) is 0 Å². The summed E-state index contributed by atoms with van der Waals surface area (Å²) in [5.74, 6) is 1.62. The summed E-state index contributed by atoms with van der Waals surface area (Å²) in [4.78, 5) is 12.2. The summed E-state index contributed by atoms with van der Waals surface area (Å²) >= 11 is 5.75. The fourth-order valence-corrected chi connectivity index (χ4v) is 2.22. The smallest absolute Gasteiger partial charge is 0.251 e. The van der Waals surface area contributed by atoms with Crippen LogP contribution in [0.25, 0.3) is 0 Å². The molecule has 1 aromatic carbocycles. The molecule has 0 heterocycles. The van der Waals surface area contributed by atoms with Crippen LogP contribution in [0, 0.1) is 5.41 Å². The number of hydrogen-bond donors (Lipinski definition) is 1. The second-order valence-corrected chi connectivity index (χ2v) is 5.77. The van der Waals surface area contributed by atoms with Gasteiger partial charge < -0.3 is 14.8 Å². The maximum atomic E-state index is 12.2. The normalized spacial score (nSPS) is 11.1. The van der Waals surface area contributed by atoms with Gasteiger partial charge in [0.05, 0.1) is 14.2 Å². The molecular weight excluding hydrogens is 278 g/mol. The maximum Gasteiger partial charge on any atom is 0.251 e. The first-order chi connectivity index (χ1) is 9.41. The summed E-state index contributed by atoms with van der Waals surface area (Å²) in [6.07, 6.45) is 0.844. The number of rotatable bonds is 7. The highest BCUT2D eigenvalue weighted by molar-refractivity contribution is 6.17. The predicted molar refractivity (Wildman–Crippen MR) is 81.0 cm³/mol. The van der Waals surface area contributed by atoms with Crippen LogP contribution in [0.1, 0.15) is 30.6 Å². The Balaban J connectivity index is 2.77. The van der Waals surface area contributed by atoms with Gasteiger partial charge in [0.2, 0.25) is 0 Å². The largest absolute Gasteiger partial charge is 0.497 e. The highest BCUT2D eigenvalue weighted by Gasteiger charge is 2.19. The van der Waals surface area contributed by atoms with Gasteiger partial charge in [-0.05, 0) is 24.0 Å². The number of carbonyl (C=O) groups excluding carboxylic acids is 1. The molecule has 1 rings (SSSR count). The molecule has 20 heavy (non-hydrogen) atoms. The molecule has 5 heteroatoms. The van der Waals surface area contributed by atoms with Crippen LogP contribution in [-0.2, 0) is 0 Å². The zero-order chi connectivity index (χ0) is 15.2. The Bertz CT molecular complexity index is 438. The first-order valence-corrected chi connectivity index (χ1v) is 7.02. The van der Waals surface area contributed by atoms with E-state index in [4.69, 9.17) is 21.1 Å². The summed E-state index contributed by atoms with van der Waals surface area (Å²) in [6.45, 7) is 4.71. The molecule has 0 radical (unpaired) electrons. The van der Waals surface area contributed by atoms with Gasteiger partial charge in [-0.3, -0.25) is 4.79 Å². The Morgan fingerprint density at radius 2 is 1.75 bits per heavy atom. The first-order valence-electron chi connectivity index (χ1n) is 6.49. The molecule has 4 nitrogen and oxygen atoms in total. The van der Waals surface area contributed by atoms with Crippen molar-refractivity contribution in [2.24, 2.45) is 5.41 Å². The van der Waals surface area contributed by atoms with Gasteiger partial charge >= 0.3 is 0 Å². The van der Waals surface area contributed by atoms with E-state index < -0.39 is 0 Å². The molecule has 0 spiro atoms. The van der Waals surface area contributed by atoms with E-state index in [0.29, 0.717) is 29.5 Å². The van der Waals surface area contributed by atoms with Crippen LogP contribution in [0.15, 0.2) is 18.2 Å². The zero-order valence-corrected chi connectivity index (χ0v) is 13.2. The Morgan fingerprint density at radius 3 is 2.20 bits per heavy atom. The Morgan fingerprint density at radius 1 is 1.20 bits per heavy atom. The molecule has 1 amide bonds. The Kier molecular flexibility index (Phi) is 6.14. The second kappa shape index (κ2) is 7.39. The van der Waals surface area contributed by atoms with Crippen molar-refractivity contribution >= 4 is 17.5 Å². The van der Waals surface area contributed by atoms with Gasteiger partial charge in [0.15, 0.2) is 0 Å². The molecule has 0 aromatic heterocycles. The third-order valence-electron chi connectivity index (χ3n) is 3.11. The van der Waals surface area contributed by atoms with Crippen LogP contribution in [0.4, 0.5) is 0 Å². The van der Waals surface area contributed by atoms with E-state index >= 15 is 0 Å². The number of carbonyl (C=O) groups is 1.